The van der Waals surface area contributed by atoms with Crippen molar-refractivity contribution in [2.75, 3.05) is 0 Å². The fourth-order valence-corrected chi connectivity index (χ4v) is 1.42. The lowest BCUT2D eigenvalue weighted by Gasteiger charge is -2.07. The highest BCUT2D eigenvalue weighted by Gasteiger charge is 2.11. The van der Waals surface area contributed by atoms with Gasteiger partial charge >= 0.3 is 0 Å². The van der Waals surface area contributed by atoms with E-state index in [9.17, 15) is 8.78 Å². The number of rotatable bonds is 3. The molecule has 2 aromatic rings. The van der Waals surface area contributed by atoms with Crippen molar-refractivity contribution in [3.8, 4) is 11.6 Å². The van der Waals surface area contributed by atoms with E-state index in [1.807, 2.05) is 0 Å². The van der Waals surface area contributed by atoms with Crippen LogP contribution in [0, 0.1) is 11.6 Å². The highest BCUT2D eigenvalue weighted by atomic mass is 35.5. The molecule has 0 aliphatic rings. The molecule has 0 spiro atoms. The number of aliphatic hydroxyl groups is 1. The maximum absolute atomic E-state index is 13.7. The highest BCUT2D eigenvalue weighted by Crippen LogP contribution is 2.26. The second-order valence-corrected chi connectivity index (χ2v) is 3.83. The van der Waals surface area contributed by atoms with Crippen molar-refractivity contribution in [1.29, 1.82) is 0 Å². The number of hydrogen-bond acceptors (Lipinski definition) is 3. The van der Waals surface area contributed by atoms with Gasteiger partial charge in [0.1, 0.15) is 11.6 Å². The van der Waals surface area contributed by atoms with Crippen LogP contribution >= 0.6 is 11.6 Å². The fourth-order valence-electron chi connectivity index (χ4n) is 1.31. The molecule has 0 aliphatic carbocycles. The van der Waals surface area contributed by atoms with Gasteiger partial charge in [-0.05, 0) is 18.2 Å². The Morgan fingerprint density at radius 1 is 1.28 bits per heavy atom. The smallest absolute Gasteiger partial charge is 0.256 e. The van der Waals surface area contributed by atoms with E-state index in [0.29, 0.717) is 0 Å². The zero-order valence-corrected chi connectivity index (χ0v) is 9.79. The number of benzene rings is 1. The van der Waals surface area contributed by atoms with E-state index < -0.39 is 18.2 Å². The zero-order valence-electron chi connectivity index (χ0n) is 9.03. The predicted molar refractivity (Wildman–Crippen MR) is 61.6 cm³/mol. The van der Waals surface area contributed by atoms with Crippen molar-refractivity contribution in [2.45, 2.75) is 6.61 Å². The van der Waals surface area contributed by atoms with E-state index in [4.69, 9.17) is 21.4 Å². The molecule has 0 amide bonds. The predicted octanol–water partition coefficient (Wildman–Crippen LogP) is 3.30. The number of halogens is 3. The lowest BCUT2D eigenvalue weighted by molar-refractivity contribution is 0.273. The summed E-state index contributed by atoms with van der Waals surface area (Å²) in [7, 11) is 0. The third-order valence-corrected chi connectivity index (χ3v) is 2.52. The van der Waals surface area contributed by atoms with Gasteiger partial charge in [0.2, 0.25) is 0 Å². The first kappa shape index (κ1) is 12.7. The van der Waals surface area contributed by atoms with Crippen LogP contribution in [0.1, 0.15) is 5.56 Å². The first-order valence-electron chi connectivity index (χ1n) is 4.99. The van der Waals surface area contributed by atoms with Crippen LogP contribution in [0.5, 0.6) is 11.6 Å². The van der Waals surface area contributed by atoms with Crippen LogP contribution in [0.25, 0.3) is 0 Å². The fraction of sp³-hybridized carbons (Fsp3) is 0.0833. The molecule has 6 heteroatoms. The summed E-state index contributed by atoms with van der Waals surface area (Å²) >= 11 is 5.51. The molecule has 94 valence electrons. The monoisotopic (exact) mass is 271 g/mol. The molecule has 1 aromatic carbocycles. The van der Waals surface area contributed by atoms with Crippen molar-refractivity contribution in [2.24, 2.45) is 0 Å². The molecule has 1 aromatic heterocycles. The SMILES string of the molecule is OCc1ccnc(Oc2ccc(Cl)c(F)c2)c1F. The van der Waals surface area contributed by atoms with E-state index in [2.05, 4.69) is 4.98 Å². The first-order valence-corrected chi connectivity index (χ1v) is 5.36. The Hall–Kier alpha value is -1.72. The number of pyridine rings is 1. The lowest BCUT2D eigenvalue weighted by atomic mass is 10.2. The first-order chi connectivity index (χ1) is 8.61. The summed E-state index contributed by atoms with van der Waals surface area (Å²) in [5.41, 5.74) is 0.0504. The summed E-state index contributed by atoms with van der Waals surface area (Å²) in [5.74, 6) is -1.72. The summed E-state index contributed by atoms with van der Waals surface area (Å²) in [6, 6.07) is 5.03. The number of ether oxygens (including phenoxy) is 1. The van der Waals surface area contributed by atoms with Gasteiger partial charge in [-0.25, -0.2) is 13.8 Å². The van der Waals surface area contributed by atoms with Crippen molar-refractivity contribution >= 4 is 11.6 Å². The second kappa shape index (κ2) is 5.29. The Bertz CT molecular complexity index is 578. The third kappa shape index (κ3) is 2.57. The molecule has 0 bridgehead atoms. The third-order valence-electron chi connectivity index (χ3n) is 2.21. The van der Waals surface area contributed by atoms with E-state index in [1.54, 1.807) is 0 Å². The summed E-state index contributed by atoms with van der Waals surface area (Å²) in [5, 5.41) is 8.83. The van der Waals surface area contributed by atoms with Gasteiger partial charge in [-0.3, -0.25) is 0 Å². The van der Waals surface area contributed by atoms with Gasteiger partial charge in [-0.15, -0.1) is 0 Å². The van der Waals surface area contributed by atoms with Crippen LogP contribution in [0.15, 0.2) is 30.5 Å². The number of aliphatic hydroxyl groups excluding tert-OH is 1. The summed E-state index contributed by atoms with van der Waals surface area (Å²) in [6.07, 6.45) is 1.29. The van der Waals surface area contributed by atoms with Gasteiger partial charge in [-0.2, -0.15) is 0 Å². The van der Waals surface area contributed by atoms with Gasteiger partial charge in [0, 0.05) is 17.8 Å². The minimum atomic E-state index is -0.782. The molecule has 0 atom stereocenters. The maximum atomic E-state index is 13.7. The molecular weight excluding hydrogens is 264 g/mol. The van der Waals surface area contributed by atoms with Crippen molar-refractivity contribution in [3.63, 3.8) is 0 Å². The molecule has 0 radical (unpaired) electrons. The van der Waals surface area contributed by atoms with E-state index in [-0.39, 0.29) is 22.2 Å². The summed E-state index contributed by atoms with van der Waals surface area (Å²) in [4.78, 5) is 3.67. The zero-order chi connectivity index (χ0) is 13.1. The van der Waals surface area contributed by atoms with E-state index in [1.165, 1.54) is 24.4 Å². The number of nitrogens with zero attached hydrogens (tertiary/aromatic N) is 1. The minimum Gasteiger partial charge on any atom is -0.436 e. The van der Waals surface area contributed by atoms with Gasteiger partial charge in [-0.1, -0.05) is 11.6 Å². The normalized spacial score (nSPS) is 10.4. The van der Waals surface area contributed by atoms with Crippen molar-refractivity contribution in [1.82, 2.24) is 4.98 Å². The second-order valence-electron chi connectivity index (χ2n) is 3.43. The van der Waals surface area contributed by atoms with Crippen LogP contribution in [0.2, 0.25) is 5.02 Å². The Balaban J connectivity index is 2.31. The standard InChI is InChI=1S/C12H8ClF2NO2/c13-9-2-1-8(5-10(9)14)18-12-11(15)7(6-17)3-4-16-12/h1-5,17H,6H2. The molecule has 18 heavy (non-hydrogen) atoms. The van der Waals surface area contributed by atoms with E-state index >= 15 is 0 Å². The molecule has 0 fully saturated rings. The van der Waals surface area contributed by atoms with Crippen molar-refractivity contribution < 1.29 is 18.6 Å². The van der Waals surface area contributed by atoms with Gasteiger partial charge < -0.3 is 9.84 Å². The lowest BCUT2D eigenvalue weighted by Crippen LogP contribution is -1.97. The van der Waals surface area contributed by atoms with Crippen LogP contribution < -0.4 is 4.74 Å². The van der Waals surface area contributed by atoms with Crippen molar-refractivity contribution in [3.05, 3.63) is 52.7 Å². The average molecular weight is 272 g/mol. The topological polar surface area (TPSA) is 42.4 Å². The molecule has 3 nitrogen and oxygen atoms in total. The molecule has 1 N–H and O–H groups in total. The minimum absolute atomic E-state index is 0.0504. The molecule has 0 aliphatic heterocycles. The van der Waals surface area contributed by atoms with Crippen LogP contribution in [-0.2, 0) is 6.61 Å². The Kier molecular flexibility index (Phi) is 3.74. The van der Waals surface area contributed by atoms with Gasteiger partial charge in [0.15, 0.2) is 5.82 Å². The molecule has 1 heterocycles. The number of hydrogen-bond donors (Lipinski definition) is 1. The number of aromatic nitrogens is 1. The summed E-state index contributed by atoms with van der Waals surface area (Å²) < 4.78 is 31.9. The molecule has 2 rings (SSSR count). The Morgan fingerprint density at radius 2 is 2.06 bits per heavy atom. The maximum Gasteiger partial charge on any atom is 0.256 e. The molecule has 0 saturated carbocycles. The highest BCUT2D eigenvalue weighted by molar-refractivity contribution is 6.30. The molecule has 0 unspecified atom stereocenters. The van der Waals surface area contributed by atoms with Gasteiger partial charge in [0.05, 0.1) is 11.6 Å². The average Bonchev–Trinajstić information content (AvgIpc) is 2.36. The van der Waals surface area contributed by atoms with Gasteiger partial charge in [0.25, 0.3) is 5.88 Å². The van der Waals surface area contributed by atoms with Crippen LogP contribution in [-0.4, -0.2) is 10.1 Å². The largest absolute Gasteiger partial charge is 0.436 e. The summed E-state index contributed by atoms with van der Waals surface area (Å²) in [6.45, 7) is -0.473. The Morgan fingerprint density at radius 3 is 2.72 bits per heavy atom. The van der Waals surface area contributed by atoms with Crippen LogP contribution in [0.3, 0.4) is 0 Å². The molecule has 0 saturated heterocycles. The van der Waals surface area contributed by atoms with Crippen LogP contribution in [0.4, 0.5) is 8.78 Å². The molecular formula is C12H8ClF2NO2. The Labute approximate surface area is 107 Å². The quantitative estimate of drug-likeness (QED) is 0.931. The van der Waals surface area contributed by atoms with E-state index in [0.717, 1.165) is 6.07 Å².